The van der Waals surface area contributed by atoms with Crippen LogP contribution in [-0.4, -0.2) is 28.1 Å². The highest BCUT2D eigenvalue weighted by Crippen LogP contribution is 2.14. The molecule has 2 heterocycles. The van der Waals surface area contributed by atoms with E-state index in [2.05, 4.69) is 5.10 Å². The van der Waals surface area contributed by atoms with E-state index in [-0.39, 0.29) is 24.8 Å². The maximum Gasteiger partial charge on any atom is 0.437 e. The van der Waals surface area contributed by atoms with Crippen molar-refractivity contribution in [3.63, 3.8) is 0 Å². The van der Waals surface area contributed by atoms with E-state index in [9.17, 15) is 14.4 Å². The smallest absolute Gasteiger partial charge is 0.437 e. The number of hydrogen-bond donors (Lipinski definition) is 0. The van der Waals surface area contributed by atoms with Gasteiger partial charge in [0.05, 0.1) is 11.5 Å². The molecule has 26 heavy (non-hydrogen) atoms. The lowest BCUT2D eigenvalue weighted by atomic mass is 10.2. The topological polar surface area (TPSA) is 91.4 Å². The van der Waals surface area contributed by atoms with Crippen LogP contribution in [0, 0.1) is 0 Å². The maximum absolute atomic E-state index is 11.8. The molecule has 0 amide bonds. The van der Waals surface area contributed by atoms with Crippen molar-refractivity contribution in [3.05, 3.63) is 63.3 Å². The van der Waals surface area contributed by atoms with Crippen LogP contribution in [0.4, 0.5) is 0 Å². The summed E-state index contributed by atoms with van der Waals surface area (Å²) < 4.78 is 11.0. The van der Waals surface area contributed by atoms with E-state index in [1.54, 1.807) is 30.3 Å². The van der Waals surface area contributed by atoms with Gasteiger partial charge in [-0.1, -0.05) is 24.3 Å². The summed E-state index contributed by atoms with van der Waals surface area (Å²) in [6.07, 6.45) is 0.724. The monoisotopic (exact) mass is 372 g/mol. The lowest BCUT2D eigenvalue weighted by Gasteiger charge is -2.03. The highest BCUT2D eigenvalue weighted by molar-refractivity contribution is 7.12. The number of thiophene rings is 1. The van der Waals surface area contributed by atoms with E-state index < -0.39 is 11.7 Å². The fourth-order valence-electron chi connectivity index (χ4n) is 2.25. The molecule has 134 valence electrons. The van der Waals surface area contributed by atoms with Gasteiger partial charge >= 0.3 is 11.7 Å². The van der Waals surface area contributed by atoms with Crippen LogP contribution in [0.5, 0.6) is 0 Å². The summed E-state index contributed by atoms with van der Waals surface area (Å²) in [5.41, 5.74) is 0.642. The zero-order valence-corrected chi connectivity index (χ0v) is 14.6. The standard InChI is InChI=1S/C18H16N2O5S/c21-14(15-9-5-11-26-15)8-4-10-24-16(22)12-20-18(23)25-17(19-20)13-6-2-1-3-7-13/h1-3,5-7,9,11H,4,8,10,12H2. The van der Waals surface area contributed by atoms with Crippen LogP contribution < -0.4 is 5.76 Å². The van der Waals surface area contributed by atoms with Gasteiger partial charge < -0.3 is 9.15 Å². The Labute approximate surface area is 152 Å². The molecule has 3 rings (SSSR count). The average molecular weight is 372 g/mol. The predicted octanol–water partition coefficient (Wildman–Crippen LogP) is 2.77. The van der Waals surface area contributed by atoms with E-state index >= 15 is 0 Å². The molecular formula is C18H16N2O5S. The highest BCUT2D eigenvalue weighted by Gasteiger charge is 2.14. The van der Waals surface area contributed by atoms with Crippen LogP contribution in [-0.2, 0) is 16.1 Å². The second-order valence-electron chi connectivity index (χ2n) is 5.42. The summed E-state index contributed by atoms with van der Waals surface area (Å²) in [6, 6.07) is 12.5. The zero-order valence-electron chi connectivity index (χ0n) is 13.8. The summed E-state index contributed by atoms with van der Waals surface area (Å²) in [4.78, 5) is 36.1. The number of carbonyl (C=O) groups is 2. The molecule has 2 aromatic heterocycles. The molecule has 0 saturated carbocycles. The molecule has 0 fully saturated rings. The molecule has 0 N–H and O–H groups in total. The van der Waals surface area contributed by atoms with Gasteiger partial charge in [-0.25, -0.2) is 4.79 Å². The van der Waals surface area contributed by atoms with Crippen LogP contribution in [0.2, 0.25) is 0 Å². The molecule has 0 atom stereocenters. The Morgan fingerprint density at radius 1 is 1.15 bits per heavy atom. The first-order valence-corrected chi connectivity index (χ1v) is 8.87. The van der Waals surface area contributed by atoms with Crippen molar-refractivity contribution in [2.24, 2.45) is 0 Å². The number of esters is 1. The number of rotatable bonds is 8. The number of aromatic nitrogens is 2. The fourth-order valence-corrected chi connectivity index (χ4v) is 2.95. The number of hydrogen-bond acceptors (Lipinski definition) is 7. The van der Waals surface area contributed by atoms with Crippen LogP contribution in [0.1, 0.15) is 22.5 Å². The molecule has 0 saturated heterocycles. The third-order valence-electron chi connectivity index (χ3n) is 3.51. The van der Waals surface area contributed by atoms with Gasteiger partial charge in [0.15, 0.2) is 5.78 Å². The fraction of sp³-hybridized carbons (Fsp3) is 0.222. The first-order valence-electron chi connectivity index (χ1n) is 7.99. The molecule has 0 radical (unpaired) electrons. The summed E-state index contributed by atoms with van der Waals surface area (Å²) in [7, 11) is 0. The van der Waals surface area contributed by atoms with Gasteiger partial charge in [-0.05, 0) is 30.0 Å². The van der Waals surface area contributed by atoms with Crippen LogP contribution >= 0.6 is 11.3 Å². The zero-order chi connectivity index (χ0) is 18.4. The van der Waals surface area contributed by atoms with Crippen molar-refractivity contribution in [2.75, 3.05) is 6.61 Å². The van der Waals surface area contributed by atoms with Crippen molar-refractivity contribution in [3.8, 4) is 11.5 Å². The Morgan fingerprint density at radius 2 is 1.96 bits per heavy atom. The minimum atomic E-state index is -0.728. The quantitative estimate of drug-likeness (QED) is 0.343. The van der Waals surface area contributed by atoms with Gasteiger partial charge in [-0.3, -0.25) is 9.59 Å². The van der Waals surface area contributed by atoms with Crippen LogP contribution in [0.25, 0.3) is 11.5 Å². The SMILES string of the molecule is O=C(Cn1nc(-c2ccccc2)oc1=O)OCCCC(=O)c1cccs1. The van der Waals surface area contributed by atoms with E-state index in [1.165, 1.54) is 11.3 Å². The lowest BCUT2D eigenvalue weighted by Crippen LogP contribution is -2.23. The summed E-state index contributed by atoms with van der Waals surface area (Å²) >= 11 is 1.39. The summed E-state index contributed by atoms with van der Waals surface area (Å²) in [5, 5.41) is 5.83. The molecular weight excluding hydrogens is 356 g/mol. The third-order valence-corrected chi connectivity index (χ3v) is 4.42. The third kappa shape index (κ3) is 4.54. The normalized spacial score (nSPS) is 10.6. The molecule has 7 nitrogen and oxygen atoms in total. The summed E-state index contributed by atoms with van der Waals surface area (Å²) in [6.45, 7) is -0.234. The molecule has 0 spiro atoms. The van der Waals surface area contributed by atoms with Gasteiger partial charge in [0.2, 0.25) is 5.89 Å². The number of benzene rings is 1. The van der Waals surface area contributed by atoms with Crippen molar-refractivity contribution in [1.29, 1.82) is 0 Å². The molecule has 8 heteroatoms. The molecule has 0 unspecified atom stereocenters. The number of ether oxygens (including phenoxy) is 1. The lowest BCUT2D eigenvalue weighted by molar-refractivity contribution is -0.144. The Kier molecular flexibility index (Phi) is 5.75. The van der Waals surface area contributed by atoms with Crippen LogP contribution in [0.15, 0.2) is 57.1 Å². The molecule has 0 aliphatic heterocycles. The average Bonchev–Trinajstić information content (AvgIpc) is 3.30. The van der Waals surface area contributed by atoms with Gasteiger partial charge in [-0.15, -0.1) is 16.4 Å². The van der Waals surface area contributed by atoms with E-state index in [1.807, 2.05) is 17.5 Å². The predicted molar refractivity (Wildman–Crippen MR) is 95.0 cm³/mol. The van der Waals surface area contributed by atoms with Gasteiger partial charge in [-0.2, -0.15) is 4.68 Å². The molecule has 0 bridgehead atoms. The van der Waals surface area contributed by atoms with Gasteiger partial charge in [0.25, 0.3) is 0 Å². The molecule has 0 aliphatic rings. The van der Waals surface area contributed by atoms with E-state index in [0.717, 1.165) is 4.68 Å². The minimum Gasteiger partial charge on any atom is -0.464 e. The van der Waals surface area contributed by atoms with Gasteiger partial charge in [0, 0.05) is 12.0 Å². The maximum atomic E-state index is 11.8. The number of carbonyl (C=O) groups excluding carboxylic acids is 2. The van der Waals surface area contributed by atoms with Crippen molar-refractivity contribution in [2.45, 2.75) is 19.4 Å². The highest BCUT2D eigenvalue weighted by atomic mass is 32.1. The van der Waals surface area contributed by atoms with Crippen molar-refractivity contribution < 1.29 is 18.7 Å². The minimum absolute atomic E-state index is 0.0243. The van der Waals surface area contributed by atoms with E-state index in [0.29, 0.717) is 23.3 Å². The number of nitrogens with zero attached hydrogens (tertiary/aromatic N) is 2. The largest absolute Gasteiger partial charge is 0.464 e. The van der Waals surface area contributed by atoms with Gasteiger partial charge in [0.1, 0.15) is 6.54 Å². The first-order chi connectivity index (χ1) is 12.6. The number of Topliss-reactive ketones (excluding diaryl/α,β-unsaturated/α-hetero) is 1. The molecule has 0 aliphatic carbocycles. The Morgan fingerprint density at radius 3 is 2.69 bits per heavy atom. The second-order valence-corrected chi connectivity index (χ2v) is 6.37. The molecule has 3 aromatic rings. The Bertz CT molecular complexity index is 928. The number of ketones is 1. The Balaban J connectivity index is 1.47. The van der Waals surface area contributed by atoms with E-state index in [4.69, 9.17) is 9.15 Å². The second kappa shape index (κ2) is 8.39. The van der Waals surface area contributed by atoms with Crippen molar-refractivity contribution >= 4 is 23.1 Å². The first kappa shape index (κ1) is 17.8. The van der Waals surface area contributed by atoms with Crippen molar-refractivity contribution in [1.82, 2.24) is 9.78 Å². The molecule has 1 aromatic carbocycles. The van der Waals surface area contributed by atoms with Crippen LogP contribution in [0.3, 0.4) is 0 Å². The summed E-state index contributed by atoms with van der Waals surface area (Å²) in [5.74, 6) is -1.17. The Hall–Kier alpha value is -3.00.